The van der Waals surface area contributed by atoms with Crippen LogP contribution in [0.15, 0.2) is 0 Å². The molecule has 0 saturated carbocycles. The van der Waals surface area contributed by atoms with Crippen molar-refractivity contribution < 1.29 is 4.79 Å². The molecule has 0 bridgehead atoms. The number of rotatable bonds is 8. The van der Waals surface area contributed by atoms with Gasteiger partial charge in [-0.3, -0.25) is 4.79 Å². The van der Waals surface area contributed by atoms with Gasteiger partial charge in [-0.2, -0.15) is 0 Å². The van der Waals surface area contributed by atoms with E-state index >= 15 is 0 Å². The third-order valence-corrected chi connectivity index (χ3v) is 3.40. The highest BCUT2D eigenvalue weighted by atomic mass is 16.1. The fourth-order valence-corrected chi connectivity index (χ4v) is 1.83. The molecule has 2 nitrogen and oxygen atoms in total. The third-order valence-electron chi connectivity index (χ3n) is 3.40. The average Bonchev–Trinajstić information content (AvgIpc) is 2.21. The van der Waals surface area contributed by atoms with Crippen LogP contribution in [0.1, 0.15) is 53.4 Å². The lowest BCUT2D eigenvalue weighted by Crippen LogP contribution is -2.17. The van der Waals surface area contributed by atoms with Crippen molar-refractivity contribution in [2.75, 3.05) is 6.54 Å². The van der Waals surface area contributed by atoms with E-state index in [2.05, 4.69) is 20.8 Å². The van der Waals surface area contributed by atoms with Gasteiger partial charge in [0.1, 0.15) is 5.78 Å². The van der Waals surface area contributed by atoms with Gasteiger partial charge in [0.05, 0.1) is 0 Å². The molecule has 0 fully saturated rings. The van der Waals surface area contributed by atoms with Crippen LogP contribution in [0, 0.1) is 17.8 Å². The first-order valence-corrected chi connectivity index (χ1v) is 6.25. The summed E-state index contributed by atoms with van der Waals surface area (Å²) in [6, 6.07) is 0. The standard InChI is InChI=1S/C13H27NO/c1-5-11(4)13(15)7-6-12(8-9-14)10(2)3/h10-12H,5-9,14H2,1-4H3. The van der Waals surface area contributed by atoms with Gasteiger partial charge in [-0.25, -0.2) is 0 Å². The van der Waals surface area contributed by atoms with Crippen molar-refractivity contribution in [3.63, 3.8) is 0 Å². The summed E-state index contributed by atoms with van der Waals surface area (Å²) >= 11 is 0. The van der Waals surface area contributed by atoms with Crippen molar-refractivity contribution in [1.82, 2.24) is 0 Å². The zero-order valence-corrected chi connectivity index (χ0v) is 10.8. The van der Waals surface area contributed by atoms with Crippen LogP contribution in [0.5, 0.6) is 0 Å². The predicted molar refractivity (Wildman–Crippen MR) is 65.7 cm³/mol. The molecule has 0 heterocycles. The molecule has 0 amide bonds. The van der Waals surface area contributed by atoms with E-state index in [1.807, 2.05) is 6.92 Å². The van der Waals surface area contributed by atoms with E-state index in [1.54, 1.807) is 0 Å². The zero-order chi connectivity index (χ0) is 11.8. The Labute approximate surface area is 94.6 Å². The highest BCUT2D eigenvalue weighted by molar-refractivity contribution is 5.80. The number of carbonyl (C=O) groups is 1. The van der Waals surface area contributed by atoms with Gasteiger partial charge in [0.25, 0.3) is 0 Å². The Hall–Kier alpha value is -0.370. The minimum absolute atomic E-state index is 0.232. The highest BCUT2D eigenvalue weighted by Gasteiger charge is 2.16. The molecule has 15 heavy (non-hydrogen) atoms. The second-order valence-electron chi connectivity index (χ2n) is 4.90. The molecule has 90 valence electrons. The first-order valence-electron chi connectivity index (χ1n) is 6.25. The lowest BCUT2D eigenvalue weighted by Gasteiger charge is -2.20. The van der Waals surface area contributed by atoms with Crippen molar-refractivity contribution >= 4 is 5.78 Å². The minimum atomic E-state index is 0.232. The molecule has 2 atom stereocenters. The summed E-state index contributed by atoms with van der Waals surface area (Å²) in [5.74, 6) is 1.90. The first-order chi connectivity index (χ1) is 7.02. The maximum atomic E-state index is 11.7. The van der Waals surface area contributed by atoms with E-state index in [-0.39, 0.29) is 5.92 Å². The van der Waals surface area contributed by atoms with Gasteiger partial charge in [0, 0.05) is 12.3 Å². The summed E-state index contributed by atoms with van der Waals surface area (Å²) in [5.41, 5.74) is 5.57. The Morgan fingerprint density at radius 1 is 1.20 bits per heavy atom. The third kappa shape index (κ3) is 5.93. The number of Topliss-reactive ketones (excluding diaryl/α,β-unsaturated/α-hetero) is 1. The minimum Gasteiger partial charge on any atom is -0.330 e. The van der Waals surface area contributed by atoms with Crippen molar-refractivity contribution in [2.24, 2.45) is 23.5 Å². The molecule has 0 aromatic heterocycles. The van der Waals surface area contributed by atoms with Crippen LogP contribution in [-0.4, -0.2) is 12.3 Å². The van der Waals surface area contributed by atoms with Crippen LogP contribution in [0.4, 0.5) is 0 Å². The zero-order valence-electron chi connectivity index (χ0n) is 10.8. The number of carbonyl (C=O) groups excluding carboxylic acids is 1. The predicted octanol–water partition coefficient (Wildman–Crippen LogP) is 3.00. The molecule has 0 aromatic carbocycles. The van der Waals surface area contributed by atoms with Gasteiger partial charge in [-0.15, -0.1) is 0 Å². The maximum Gasteiger partial charge on any atom is 0.135 e. The Kier molecular flexibility index (Phi) is 7.67. The van der Waals surface area contributed by atoms with Crippen molar-refractivity contribution in [2.45, 2.75) is 53.4 Å². The number of hydrogen-bond acceptors (Lipinski definition) is 2. The van der Waals surface area contributed by atoms with Crippen LogP contribution in [0.25, 0.3) is 0 Å². The fourth-order valence-electron chi connectivity index (χ4n) is 1.83. The molecule has 0 aliphatic carbocycles. The molecule has 0 spiro atoms. The Morgan fingerprint density at radius 2 is 1.80 bits per heavy atom. The smallest absolute Gasteiger partial charge is 0.135 e. The van der Waals surface area contributed by atoms with E-state index in [0.717, 1.165) is 32.2 Å². The fraction of sp³-hybridized carbons (Fsp3) is 0.923. The van der Waals surface area contributed by atoms with Gasteiger partial charge in [0.15, 0.2) is 0 Å². The largest absolute Gasteiger partial charge is 0.330 e. The monoisotopic (exact) mass is 213 g/mol. The van der Waals surface area contributed by atoms with Gasteiger partial charge in [0.2, 0.25) is 0 Å². The average molecular weight is 213 g/mol. The summed E-state index contributed by atoms with van der Waals surface area (Å²) in [5, 5.41) is 0. The molecule has 2 N–H and O–H groups in total. The van der Waals surface area contributed by atoms with Gasteiger partial charge >= 0.3 is 0 Å². The Morgan fingerprint density at radius 3 is 2.20 bits per heavy atom. The highest BCUT2D eigenvalue weighted by Crippen LogP contribution is 2.21. The van der Waals surface area contributed by atoms with Crippen LogP contribution in [0.2, 0.25) is 0 Å². The molecule has 0 saturated heterocycles. The molecule has 0 radical (unpaired) electrons. The van der Waals surface area contributed by atoms with E-state index in [9.17, 15) is 4.79 Å². The summed E-state index contributed by atoms with van der Waals surface area (Å²) < 4.78 is 0. The second kappa shape index (κ2) is 7.86. The maximum absolute atomic E-state index is 11.7. The molecule has 0 aromatic rings. The van der Waals surface area contributed by atoms with Gasteiger partial charge in [-0.05, 0) is 37.6 Å². The molecule has 2 heteroatoms. The number of nitrogens with two attached hydrogens (primary N) is 1. The van der Waals surface area contributed by atoms with Crippen molar-refractivity contribution in [3.05, 3.63) is 0 Å². The summed E-state index contributed by atoms with van der Waals surface area (Å²) in [6.07, 6.45) is 3.75. The lowest BCUT2D eigenvalue weighted by atomic mass is 9.86. The molecule has 0 aliphatic rings. The molecular weight excluding hydrogens is 186 g/mol. The SMILES string of the molecule is CCC(C)C(=O)CCC(CCN)C(C)C. The summed E-state index contributed by atoms with van der Waals surface area (Å²) in [6.45, 7) is 9.26. The Balaban J connectivity index is 3.93. The first kappa shape index (κ1) is 14.6. The van der Waals surface area contributed by atoms with Crippen molar-refractivity contribution in [3.8, 4) is 0 Å². The Bertz CT molecular complexity index is 177. The number of ketones is 1. The van der Waals surface area contributed by atoms with Crippen LogP contribution < -0.4 is 5.73 Å². The molecule has 2 unspecified atom stereocenters. The van der Waals surface area contributed by atoms with Crippen LogP contribution in [0.3, 0.4) is 0 Å². The van der Waals surface area contributed by atoms with Crippen molar-refractivity contribution in [1.29, 1.82) is 0 Å². The summed E-state index contributed by atoms with van der Waals surface area (Å²) in [7, 11) is 0. The number of hydrogen-bond donors (Lipinski definition) is 1. The lowest BCUT2D eigenvalue weighted by molar-refractivity contribution is -0.122. The second-order valence-corrected chi connectivity index (χ2v) is 4.90. The quantitative estimate of drug-likeness (QED) is 0.673. The van der Waals surface area contributed by atoms with Crippen LogP contribution >= 0.6 is 0 Å². The van der Waals surface area contributed by atoms with E-state index in [1.165, 1.54) is 0 Å². The topological polar surface area (TPSA) is 43.1 Å². The van der Waals surface area contributed by atoms with Gasteiger partial charge in [-0.1, -0.05) is 27.7 Å². The van der Waals surface area contributed by atoms with Gasteiger partial charge < -0.3 is 5.73 Å². The molecular formula is C13H27NO. The van der Waals surface area contributed by atoms with Crippen LogP contribution in [-0.2, 0) is 4.79 Å². The van der Waals surface area contributed by atoms with E-state index in [0.29, 0.717) is 17.6 Å². The normalized spacial score (nSPS) is 15.3. The molecule has 0 rings (SSSR count). The summed E-state index contributed by atoms with van der Waals surface area (Å²) in [4.78, 5) is 11.7. The van der Waals surface area contributed by atoms with E-state index in [4.69, 9.17) is 5.73 Å². The molecule has 0 aliphatic heterocycles. The van der Waals surface area contributed by atoms with E-state index < -0.39 is 0 Å².